The molecule has 1 aliphatic heterocycles. The first kappa shape index (κ1) is 27.7. The van der Waals surface area contributed by atoms with Crippen LogP contribution in [0.5, 0.6) is 0 Å². The first-order valence-corrected chi connectivity index (χ1v) is 14.7. The molecule has 0 unspecified atom stereocenters. The Hall–Kier alpha value is -2.30. The summed E-state index contributed by atoms with van der Waals surface area (Å²) in [4.78, 5) is 31.2. The van der Waals surface area contributed by atoms with Crippen molar-refractivity contribution >= 4 is 63.9 Å². The molecule has 0 bridgehead atoms. The van der Waals surface area contributed by atoms with E-state index in [1.54, 1.807) is 0 Å². The van der Waals surface area contributed by atoms with E-state index in [-0.39, 0.29) is 18.0 Å². The van der Waals surface area contributed by atoms with Gasteiger partial charge in [-0.2, -0.15) is 0 Å². The lowest BCUT2D eigenvalue weighted by Gasteiger charge is -2.32. The summed E-state index contributed by atoms with van der Waals surface area (Å²) in [5.41, 5.74) is 3.67. The van der Waals surface area contributed by atoms with Gasteiger partial charge in [0, 0.05) is 48.9 Å². The molecule has 0 saturated carbocycles. The number of nitrogens with zero attached hydrogens (tertiary/aromatic N) is 2. The Balaban J connectivity index is 1.18. The summed E-state index contributed by atoms with van der Waals surface area (Å²) in [7, 11) is 0. The molecule has 0 spiro atoms. The van der Waals surface area contributed by atoms with Gasteiger partial charge < -0.3 is 16.0 Å². The molecule has 3 aromatic rings. The van der Waals surface area contributed by atoms with E-state index >= 15 is 0 Å². The highest BCUT2D eigenvalue weighted by molar-refractivity contribution is 8.01. The number of urea groups is 1. The standard InChI is InChI=1S/C26H29Cl2N5O2S2/c1-2-29-25(35)31-19-6-4-18(5-7-19)23-15-36-26(32-23)37-16-24(34)30-20-9-11-33(12-10-20)14-17-3-8-21(27)22(28)13-17/h3-8,13,15,20H,2,9-12,14,16H2,1H3,(H,30,34)(H2,29,31,35). The number of benzene rings is 2. The zero-order valence-corrected chi connectivity index (χ0v) is 23.6. The average molecular weight is 579 g/mol. The molecule has 196 valence electrons. The minimum atomic E-state index is -0.227. The number of anilines is 1. The number of aromatic nitrogens is 1. The summed E-state index contributed by atoms with van der Waals surface area (Å²) in [6, 6.07) is 13.3. The van der Waals surface area contributed by atoms with E-state index in [1.807, 2.05) is 54.8 Å². The summed E-state index contributed by atoms with van der Waals surface area (Å²) in [6.45, 7) is 5.11. The third-order valence-electron chi connectivity index (χ3n) is 5.93. The van der Waals surface area contributed by atoms with Gasteiger partial charge in [0.15, 0.2) is 4.34 Å². The number of carbonyl (C=O) groups is 2. The van der Waals surface area contributed by atoms with Crippen molar-refractivity contribution in [3.05, 3.63) is 63.5 Å². The van der Waals surface area contributed by atoms with Crippen LogP contribution in [0, 0.1) is 0 Å². The topological polar surface area (TPSA) is 86.4 Å². The van der Waals surface area contributed by atoms with Gasteiger partial charge in [-0.1, -0.05) is 53.2 Å². The lowest BCUT2D eigenvalue weighted by atomic mass is 10.0. The van der Waals surface area contributed by atoms with Crippen molar-refractivity contribution in [1.29, 1.82) is 0 Å². The van der Waals surface area contributed by atoms with Crippen LogP contribution in [0.25, 0.3) is 11.3 Å². The number of rotatable bonds is 9. The number of piperidine rings is 1. The Morgan fingerprint density at radius 3 is 2.57 bits per heavy atom. The molecule has 1 aromatic heterocycles. The molecule has 0 radical (unpaired) electrons. The predicted molar refractivity (Wildman–Crippen MR) is 154 cm³/mol. The fraction of sp³-hybridized carbons (Fsp3) is 0.346. The van der Waals surface area contributed by atoms with E-state index in [9.17, 15) is 9.59 Å². The van der Waals surface area contributed by atoms with Crippen LogP contribution in [-0.2, 0) is 11.3 Å². The van der Waals surface area contributed by atoms with Crippen LogP contribution < -0.4 is 16.0 Å². The van der Waals surface area contributed by atoms with Crippen molar-refractivity contribution in [2.24, 2.45) is 0 Å². The highest BCUT2D eigenvalue weighted by atomic mass is 35.5. The van der Waals surface area contributed by atoms with E-state index in [0.717, 1.165) is 59.3 Å². The molecule has 2 heterocycles. The average Bonchev–Trinajstić information content (AvgIpc) is 3.36. The SMILES string of the molecule is CCNC(=O)Nc1ccc(-c2csc(SCC(=O)NC3CCN(Cc4ccc(Cl)c(Cl)c4)CC3)n2)cc1. The molecule has 1 fully saturated rings. The van der Waals surface area contributed by atoms with Gasteiger partial charge in [0.05, 0.1) is 21.5 Å². The molecule has 0 aliphatic carbocycles. The second-order valence-corrected chi connectivity index (χ2v) is 11.6. The highest BCUT2D eigenvalue weighted by Gasteiger charge is 2.21. The lowest BCUT2D eigenvalue weighted by Crippen LogP contribution is -2.44. The zero-order chi connectivity index (χ0) is 26.2. The van der Waals surface area contributed by atoms with Crippen LogP contribution in [0.4, 0.5) is 10.5 Å². The second-order valence-electron chi connectivity index (χ2n) is 8.72. The van der Waals surface area contributed by atoms with Gasteiger partial charge in [-0.3, -0.25) is 9.69 Å². The van der Waals surface area contributed by atoms with Crippen LogP contribution in [-0.4, -0.2) is 53.3 Å². The van der Waals surface area contributed by atoms with Crippen molar-refractivity contribution in [2.75, 3.05) is 30.7 Å². The maximum absolute atomic E-state index is 12.5. The van der Waals surface area contributed by atoms with Crippen molar-refractivity contribution < 1.29 is 9.59 Å². The number of hydrogen-bond donors (Lipinski definition) is 3. The third kappa shape index (κ3) is 8.35. The van der Waals surface area contributed by atoms with Crippen LogP contribution in [0.1, 0.15) is 25.3 Å². The number of nitrogens with one attached hydrogen (secondary N) is 3. The largest absolute Gasteiger partial charge is 0.353 e. The number of amides is 3. The molecule has 4 rings (SSSR count). The molecule has 1 aliphatic rings. The highest BCUT2D eigenvalue weighted by Crippen LogP contribution is 2.29. The molecule has 2 aromatic carbocycles. The number of likely N-dealkylation sites (tertiary alicyclic amines) is 1. The van der Waals surface area contributed by atoms with Crippen LogP contribution in [0.3, 0.4) is 0 Å². The molecular formula is C26H29Cl2N5O2S2. The van der Waals surface area contributed by atoms with Gasteiger partial charge in [-0.25, -0.2) is 9.78 Å². The van der Waals surface area contributed by atoms with Crippen molar-refractivity contribution in [1.82, 2.24) is 20.5 Å². The van der Waals surface area contributed by atoms with Crippen molar-refractivity contribution in [3.63, 3.8) is 0 Å². The first-order chi connectivity index (χ1) is 17.9. The Morgan fingerprint density at radius 1 is 1.11 bits per heavy atom. The van der Waals surface area contributed by atoms with Crippen LogP contribution in [0.2, 0.25) is 10.0 Å². The van der Waals surface area contributed by atoms with Crippen LogP contribution >= 0.6 is 46.3 Å². The van der Waals surface area contributed by atoms with E-state index in [2.05, 4.69) is 25.8 Å². The van der Waals surface area contributed by atoms with Gasteiger partial charge >= 0.3 is 6.03 Å². The van der Waals surface area contributed by atoms with Crippen LogP contribution in [0.15, 0.2) is 52.2 Å². The van der Waals surface area contributed by atoms with E-state index in [0.29, 0.717) is 22.3 Å². The normalized spacial score (nSPS) is 14.4. The van der Waals surface area contributed by atoms with Gasteiger partial charge in [0.1, 0.15) is 0 Å². The molecule has 7 nitrogen and oxygen atoms in total. The minimum absolute atomic E-state index is 0.0328. The quantitative estimate of drug-likeness (QED) is 0.266. The van der Waals surface area contributed by atoms with Gasteiger partial charge in [-0.05, 0) is 49.6 Å². The fourth-order valence-corrected chi connectivity index (χ4v) is 6.01. The number of halogens is 2. The second kappa shape index (κ2) is 13.5. The maximum Gasteiger partial charge on any atom is 0.319 e. The van der Waals surface area contributed by atoms with Gasteiger partial charge in [0.25, 0.3) is 0 Å². The summed E-state index contributed by atoms with van der Waals surface area (Å²) < 4.78 is 0.853. The maximum atomic E-state index is 12.5. The van der Waals surface area contributed by atoms with E-state index < -0.39 is 0 Å². The Bertz CT molecular complexity index is 1210. The number of carbonyl (C=O) groups excluding carboxylic acids is 2. The summed E-state index contributed by atoms with van der Waals surface area (Å²) >= 11 is 15.1. The molecule has 37 heavy (non-hydrogen) atoms. The number of thioether (sulfide) groups is 1. The predicted octanol–water partition coefficient (Wildman–Crippen LogP) is 6.13. The fourth-order valence-electron chi connectivity index (χ4n) is 4.04. The Kier molecular flexibility index (Phi) is 10.1. The monoisotopic (exact) mass is 577 g/mol. The lowest BCUT2D eigenvalue weighted by molar-refractivity contribution is -0.119. The van der Waals surface area contributed by atoms with Crippen molar-refractivity contribution in [3.8, 4) is 11.3 Å². The summed E-state index contributed by atoms with van der Waals surface area (Å²) in [5, 5.41) is 11.8. The number of thiazole rings is 1. The zero-order valence-electron chi connectivity index (χ0n) is 20.4. The molecule has 3 amide bonds. The summed E-state index contributed by atoms with van der Waals surface area (Å²) in [6.07, 6.45) is 1.84. The van der Waals surface area contributed by atoms with Gasteiger partial charge in [0.2, 0.25) is 5.91 Å². The molecule has 11 heteroatoms. The van der Waals surface area contributed by atoms with E-state index in [1.165, 1.54) is 23.1 Å². The minimum Gasteiger partial charge on any atom is -0.353 e. The van der Waals surface area contributed by atoms with Crippen molar-refractivity contribution in [2.45, 2.75) is 36.7 Å². The van der Waals surface area contributed by atoms with E-state index in [4.69, 9.17) is 23.2 Å². The molecule has 1 saturated heterocycles. The van der Waals surface area contributed by atoms with Gasteiger partial charge in [-0.15, -0.1) is 11.3 Å². The molecule has 3 N–H and O–H groups in total. The first-order valence-electron chi connectivity index (χ1n) is 12.1. The Labute approximate surface area is 235 Å². The Morgan fingerprint density at radius 2 is 1.86 bits per heavy atom. The molecular weight excluding hydrogens is 549 g/mol. The number of hydrogen-bond acceptors (Lipinski definition) is 6. The third-order valence-corrected chi connectivity index (χ3v) is 8.69. The molecule has 0 atom stereocenters. The smallest absolute Gasteiger partial charge is 0.319 e. The summed E-state index contributed by atoms with van der Waals surface area (Å²) in [5.74, 6) is 0.372.